The van der Waals surface area contributed by atoms with Gasteiger partial charge in [0.2, 0.25) is 0 Å². The maximum Gasteiger partial charge on any atom is 0.126 e. The van der Waals surface area contributed by atoms with Crippen molar-refractivity contribution >= 4 is 15.9 Å². The average Bonchev–Trinajstić information content (AvgIpc) is 2.32. The van der Waals surface area contributed by atoms with E-state index in [2.05, 4.69) is 15.9 Å². The van der Waals surface area contributed by atoms with Crippen molar-refractivity contribution in [3.63, 3.8) is 0 Å². The zero-order valence-electron chi connectivity index (χ0n) is 10.5. The summed E-state index contributed by atoms with van der Waals surface area (Å²) in [6, 6.07) is 4.66. The molecule has 0 aliphatic heterocycles. The molecule has 2 nitrogen and oxygen atoms in total. The van der Waals surface area contributed by atoms with Crippen LogP contribution in [0.25, 0.3) is 0 Å². The number of rotatable bonds is 5. The van der Waals surface area contributed by atoms with Crippen molar-refractivity contribution in [2.75, 3.05) is 7.11 Å². The van der Waals surface area contributed by atoms with E-state index in [4.69, 9.17) is 10.5 Å². The lowest BCUT2D eigenvalue weighted by molar-refractivity contribution is -0.0186. The summed E-state index contributed by atoms with van der Waals surface area (Å²) in [4.78, 5) is 0. The number of methoxy groups -OCH3 is 1. The lowest BCUT2D eigenvalue weighted by Crippen LogP contribution is -2.48. The minimum absolute atomic E-state index is 0.224. The lowest BCUT2D eigenvalue weighted by Gasteiger charge is -2.33. The third-order valence-corrected chi connectivity index (χ3v) is 3.89. The predicted octanol–water partition coefficient (Wildman–Crippen LogP) is 3.27. The molecule has 1 rings (SSSR count). The lowest BCUT2D eigenvalue weighted by atomic mass is 9.89. The van der Waals surface area contributed by atoms with Crippen LogP contribution in [0.2, 0.25) is 0 Å². The van der Waals surface area contributed by atoms with Crippen molar-refractivity contribution in [1.82, 2.24) is 0 Å². The van der Waals surface area contributed by atoms with E-state index in [1.807, 2.05) is 13.8 Å². The third-order valence-electron chi connectivity index (χ3n) is 3.40. The van der Waals surface area contributed by atoms with Crippen molar-refractivity contribution in [2.24, 2.45) is 5.73 Å². The fourth-order valence-electron chi connectivity index (χ4n) is 1.71. The molecule has 2 N–H and O–H groups in total. The molecule has 0 bridgehead atoms. The maximum absolute atomic E-state index is 13.6. The Hall–Kier alpha value is -0.450. The fourth-order valence-corrected chi connectivity index (χ4v) is 2.12. The minimum Gasteiger partial charge on any atom is -0.377 e. The van der Waals surface area contributed by atoms with Gasteiger partial charge < -0.3 is 10.5 Å². The number of benzene rings is 1. The van der Waals surface area contributed by atoms with Crippen LogP contribution in [-0.2, 0) is 11.2 Å². The summed E-state index contributed by atoms with van der Waals surface area (Å²) >= 11 is 3.33. The Bertz CT molecular complexity index is 380. The third kappa shape index (κ3) is 3.50. The van der Waals surface area contributed by atoms with Gasteiger partial charge >= 0.3 is 0 Å². The van der Waals surface area contributed by atoms with Crippen LogP contribution in [0, 0.1) is 5.82 Å². The molecule has 2 atom stereocenters. The minimum atomic E-state index is -0.422. The van der Waals surface area contributed by atoms with Gasteiger partial charge in [-0.05, 0) is 43.5 Å². The van der Waals surface area contributed by atoms with Crippen molar-refractivity contribution in [3.05, 3.63) is 34.1 Å². The Balaban J connectivity index is 2.87. The SMILES string of the molecule is CCC(C)(OC)C(N)Cc1cc(Br)ccc1F. The molecule has 0 fully saturated rings. The van der Waals surface area contributed by atoms with Crippen LogP contribution in [-0.4, -0.2) is 18.8 Å². The van der Waals surface area contributed by atoms with E-state index in [9.17, 15) is 4.39 Å². The summed E-state index contributed by atoms with van der Waals surface area (Å²) < 4.78 is 19.9. The zero-order valence-corrected chi connectivity index (χ0v) is 12.1. The molecule has 0 radical (unpaired) electrons. The van der Waals surface area contributed by atoms with Gasteiger partial charge in [-0.3, -0.25) is 0 Å². The van der Waals surface area contributed by atoms with E-state index in [0.717, 1.165) is 10.9 Å². The van der Waals surface area contributed by atoms with Gasteiger partial charge in [0, 0.05) is 17.6 Å². The first-order valence-electron chi connectivity index (χ1n) is 5.67. The Morgan fingerprint density at radius 1 is 1.53 bits per heavy atom. The fraction of sp³-hybridized carbons (Fsp3) is 0.538. The number of nitrogens with two attached hydrogens (primary N) is 1. The van der Waals surface area contributed by atoms with Crippen molar-refractivity contribution < 1.29 is 9.13 Å². The molecule has 0 saturated carbocycles. The van der Waals surface area contributed by atoms with E-state index in [-0.39, 0.29) is 11.9 Å². The molecule has 1 aromatic rings. The van der Waals surface area contributed by atoms with Crippen LogP contribution in [0.3, 0.4) is 0 Å². The summed E-state index contributed by atoms with van der Waals surface area (Å²) in [5, 5.41) is 0. The van der Waals surface area contributed by atoms with Gasteiger partial charge in [0.1, 0.15) is 5.82 Å². The van der Waals surface area contributed by atoms with Crippen LogP contribution < -0.4 is 5.73 Å². The highest BCUT2D eigenvalue weighted by Gasteiger charge is 2.30. The van der Waals surface area contributed by atoms with Gasteiger partial charge in [-0.2, -0.15) is 0 Å². The summed E-state index contributed by atoms with van der Waals surface area (Å²) in [5.74, 6) is -0.224. The van der Waals surface area contributed by atoms with Crippen molar-refractivity contribution in [2.45, 2.75) is 38.3 Å². The molecule has 0 spiro atoms. The number of hydrogen-bond acceptors (Lipinski definition) is 2. The Kier molecular flexibility index (Phi) is 5.10. The van der Waals surface area contributed by atoms with E-state index >= 15 is 0 Å². The predicted molar refractivity (Wildman–Crippen MR) is 71.5 cm³/mol. The molecule has 0 heterocycles. The number of hydrogen-bond donors (Lipinski definition) is 1. The molecular formula is C13H19BrFNO. The molecule has 2 unspecified atom stereocenters. The second-order valence-corrected chi connectivity index (χ2v) is 5.33. The first-order chi connectivity index (χ1) is 7.92. The maximum atomic E-state index is 13.6. The first kappa shape index (κ1) is 14.6. The van der Waals surface area contributed by atoms with E-state index in [1.54, 1.807) is 19.2 Å². The monoisotopic (exact) mass is 303 g/mol. The van der Waals surface area contributed by atoms with Crippen LogP contribution in [0.15, 0.2) is 22.7 Å². The summed E-state index contributed by atoms with van der Waals surface area (Å²) in [5.41, 5.74) is 6.31. The molecule has 96 valence electrons. The van der Waals surface area contributed by atoms with Crippen molar-refractivity contribution in [1.29, 1.82) is 0 Å². The van der Waals surface area contributed by atoms with Gasteiger partial charge in [0.05, 0.1) is 5.60 Å². The summed E-state index contributed by atoms with van der Waals surface area (Å²) in [6.45, 7) is 3.97. The van der Waals surface area contributed by atoms with Crippen molar-refractivity contribution in [3.8, 4) is 0 Å². The Morgan fingerprint density at radius 2 is 2.18 bits per heavy atom. The van der Waals surface area contributed by atoms with Crippen LogP contribution in [0.4, 0.5) is 4.39 Å². The Labute approximate surface area is 110 Å². The van der Waals surface area contributed by atoms with E-state index in [1.165, 1.54) is 6.07 Å². The number of halogens is 2. The molecule has 0 aliphatic carbocycles. The topological polar surface area (TPSA) is 35.2 Å². The summed E-state index contributed by atoms with van der Waals surface area (Å²) in [7, 11) is 1.64. The van der Waals surface area contributed by atoms with Gasteiger partial charge in [-0.25, -0.2) is 4.39 Å². The van der Waals surface area contributed by atoms with Crippen LogP contribution in [0.5, 0.6) is 0 Å². The normalized spacial score (nSPS) is 16.6. The van der Waals surface area contributed by atoms with E-state index < -0.39 is 5.60 Å². The quantitative estimate of drug-likeness (QED) is 0.906. The summed E-state index contributed by atoms with van der Waals surface area (Å²) in [6.07, 6.45) is 1.25. The standard InChI is InChI=1S/C13H19BrFNO/c1-4-13(2,17-3)12(16)8-9-7-10(14)5-6-11(9)15/h5-7,12H,4,8,16H2,1-3H3. The van der Waals surface area contributed by atoms with E-state index in [0.29, 0.717) is 12.0 Å². The highest BCUT2D eigenvalue weighted by molar-refractivity contribution is 9.10. The largest absolute Gasteiger partial charge is 0.377 e. The molecule has 0 aromatic heterocycles. The smallest absolute Gasteiger partial charge is 0.126 e. The van der Waals surface area contributed by atoms with Gasteiger partial charge in [-0.1, -0.05) is 22.9 Å². The molecule has 17 heavy (non-hydrogen) atoms. The molecule has 4 heteroatoms. The number of ether oxygens (including phenoxy) is 1. The van der Waals surface area contributed by atoms with Gasteiger partial charge in [0.25, 0.3) is 0 Å². The van der Waals surface area contributed by atoms with Gasteiger partial charge in [0.15, 0.2) is 0 Å². The van der Waals surface area contributed by atoms with Gasteiger partial charge in [-0.15, -0.1) is 0 Å². The zero-order chi connectivity index (χ0) is 13.1. The second kappa shape index (κ2) is 5.94. The first-order valence-corrected chi connectivity index (χ1v) is 6.47. The molecular weight excluding hydrogens is 285 g/mol. The molecule has 0 amide bonds. The molecule has 1 aromatic carbocycles. The molecule has 0 aliphatic rings. The highest BCUT2D eigenvalue weighted by atomic mass is 79.9. The van der Waals surface area contributed by atoms with Crippen LogP contribution in [0.1, 0.15) is 25.8 Å². The highest BCUT2D eigenvalue weighted by Crippen LogP contribution is 2.23. The average molecular weight is 304 g/mol. The van der Waals surface area contributed by atoms with Crippen LogP contribution >= 0.6 is 15.9 Å². The Morgan fingerprint density at radius 3 is 2.71 bits per heavy atom. The molecule has 0 saturated heterocycles. The second-order valence-electron chi connectivity index (χ2n) is 4.42.